The lowest BCUT2D eigenvalue weighted by Gasteiger charge is -2.36. The van der Waals surface area contributed by atoms with Crippen LogP contribution in [0.15, 0.2) is 30.5 Å². The van der Waals surface area contributed by atoms with Gasteiger partial charge in [-0.1, -0.05) is 0 Å². The quantitative estimate of drug-likeness (QED) is 0.906. The van der Waals surface area contributed by atoms with Crippen molar-refractivity contribution in [3.8, 4) is 16.3 Å². The van der Waals surface area contributed by atoms with Crippen LogP contribution >= 0.6 is 11.3 Å². The summed E-state index contributed by atoms with van der Waals surface area (Å²) in [6.07, 6.45) is 2.89. The molecule has 1 N–H and O–H groups in total. The monoisotopic (exact) mass is 360 g/mol. The molecule has 2 aromatic rings. The molecule has 1 aliphatic rings. The Morgan fingerprint density at radius 1 is 1.28 bits per heavy atom. The molecule has 2 atom stereocenters. The van der Waals surface area contributed by atoms with Crippen molar-refractivity contribution in [1.29, 1.82) is 0 Å². The molecule has 6 nitrogen and oxygen atoms in total. The van der Waals surface area contributed by atoms with Gasteiger partial charge < -0.3 is 14.7 Å². The lowest BCUT2D eigenvalue weighted by atomic mass is 9.93. The predicted octanol–water partition coefficient (Wildman–Crippen LogP) is 3.14. The first-order valence-electron chi connectivity index (χ1n) is 8.13. The van der Waals surface area contributed by atoms with Crippen LogP contribution in [0.1, 0.15) is 29.4 Å². The van der Waals surface area contributed by atoms with Crippen LogP contribution in [-0.4, -0.2) is 46.6 Å². The van der Waals surface area contributed by atoms with E-state index in [9.17, 15) is 14.7 Å². The van der Waals surface area contributed by atoms with Crippen LogP contribution in [0.25, 0.3) is 10.6 Å². The molecule has 0 bridgehead atoms. The van der Waals surface area contributed by atoms with Crippen LogP contribution in [0.2, 0.25) is 0 Å². The first-order chi connectivity index (χ1) is 12.0. The van der Waals surface area contributed by atoms with Gasteiger partial charge in [0, 0.05) is 18.2 Å². The van der Waals surface area contributed by atoms with Crippen molar-refractivity contribution in [3.05, 3.63) is 35.3 Å². The number of carboxylic acids is 1. The lowest BCUT2D eigenvalue weighted by molar-refractivity contribution is -0.143. The normalized spacial score (nSPS) is 20.3. The number of likely N-dealkylation sites (tertiary alicyclic amines) is 1. The number of carboxylic acid groups (broad SMARTS) is 1. The molecule has 1 aliphatic heterocycles. The Bertz CT molecular complexity index is 772. The summed E-state index contributed by atoms with van der Waals surface area (Å²) in [6, 6.07) is 7.53. The fraction of sp³-hybridized carbons (Fsp3) is 0.389. The molecule has 1 amide bonds. The molecule has 0 saturated carbocycles. The number of nitrogens with zero attached hydrogens (tertiary/aromatic N) is 2. The van der Waals surface area contributed by atoms with Gasteiger partial charge >= 0.3 is 5.97 Å². The van der Waals surface area contributed by atoms with Gasteiger partial charge in [-0.2, -0.15) is 0 Å². The van der Waals surface area contributed by atoms with Crippen LogP contribution < -0.4 is 4.74 Å². The summed E-state index contributed by atoms with van der Waals surface area (Å²) in [5.74, 6) is -0.712. The predicted molar refractivity (Wildman–Crippen MR) is 95.0 cm³/mol. The highest BCUT2D eigenvalue weighted by atomic mass is 32.1. The molecule has 0 spiro atoms. The number of benzene rings is 1. The number of ether oxygens (including phenoxy) is 1. The molecule has 132 valence electrons. The molecular weight excluding hydrogens is 340 g/mol. The molecule has 3 rings (SSSR count). The lowest BCUT2D eigenvalue weighted by Crippen LogP contribution is -2.47. The van der Waals surface area contributed by atoms with Gasteiger partial charge in [0.2, 0.25) is 0 Å². The van der Waals surface area contributed by atoms with E-state index in [-0.39, 0.29) is 18.5 Å². The Morgan fingerprint density at radius 2 is 2.00 bits per heavy atom. The number of aromatic nitrogens is 1. The van der Waals surface area contributed by atoms with E-state index in [4.69, 9.17) is 4.74 Å². The molecule has 25 heavy (non-hydrogen) atoms. The van der Waals surface area contributed by atoms with E-state index in [1.807, 2.05) is 31.2 Å². The number of aliphatic carboxylic acids is 1. The number of carbonyl (C=O) groups excluding carboxylic acids is 1. The number of carbonyl (C=O) groups is 2. The third-order valence-corrected chi connectivity index (χ3v) is 5.58. The fourth-order valence-corrected chi connectivity index (χ4v) is 3.85. The summed E-state index contributed by atoms with van der Waals surface area (Å²) in [4.78, 5) is 30.6. The van der Waals surface area contributed by atoms with E-state index in [0.717, 1.165) is 16.3 Å². The average molecular weight is 360 g/mol. The highest BCUT2D eigenvalue weighted by Crippen LogP contribution is 2.30. The third kappa shape index (κ3) is 3.66. The van der Waals surface area contributed by atoms with E-state index >= 15 is 0 Å². The second-order valence-corrected chi connectivity index (χ2v) is 7.21. The maximum Gasteiger partial charge on any atom is 0.308 e. The van der Waals surface area contributed by atoms with Gasteiger partial charge in [0.25, 0.3) is 5.91 Å². The van der Waals surface area contributed by atoms with Crippen LogP contribution in [0.3, 0.4) is 0 Å². The first kappa shape index (κ1) is 17.4. The van der Waals surface area contributed by atoms with Gasteiger partial charge in [-0.25, -0.2) is 4.98 Å². The summed E-state index contributed by atoms with van der Waals surface area (Å²) in [6.45, 7) is 2.21. The zero-order chi connectivity index (χ0) is 18.0. The second-order valence-electron chi connectivity index (χ2n) is 6.18. The van der Waals surface area contributed by atoms with Gasteiger partial charge in [0.1, 0.15) is 15.6 Å². The van der Waals surface area contributed by atoms with Gasteiger partial charge in [-0.05, 0) is 44.0 Å². The Morgan fingerprint density at radius 3 is 2.64 bits per heavy atom. The summed E-state index contributed by atoms with van der Waals surface area (Å²) < 4.78 is 5.14. The number of thiazole rings is 1. The molecule has 2 unspecified atom stereocenters. The van der Waals surface area contributed by atoms with Crippen LogP contribution in [0, 0.1) is 5.92 Å². The number of rotatable bonds is 4. The molecule has 0 radical (unpaired) electrons. The van der Waals surface area contributed by atoms with Crippen molar-refractivity contribution >= 4 is 23.2 Å². The number of hydrogen-bond donors (Lipinski definition) is 1. The molecule has 2 heterocycles. The highest BCUT2D eigenvalue weighted by Gasteiger charge is 2.33. The summed E-state index contributed by atoms with van der Waals surface area (Å²) in [5, 5.41) is 9.99. The van der Waals surface area contributed by atoms with Gasteiger partial charge in [0.15, 0.2) is 0 Å². The molecule has 1 aromatic heterocycles. The van der Waals surface area contributed by atoms with Gasteiger partial charge in [-0.15, -0.1) is 11.3 Å². The van der Waals surface area contributed by atoms with Crippen molar-refractivity contribution < 1.29 is 19.4 Å². The van der Waals surface area contributed by atoms with Crippen molar-refractivity contribution in [2.24, 2.45) is 5.92 Å². The minimum Gasteiger partial charge on any atom is -0.497 e. The van der Waals surface area contributed by atoms with Crippen LogP contribution in [0.4, 0.5) is 0 Å². The average Bonchev–Trinajstić information content (AvgIpc) is 3.11. The molecule has 1 aromatic carbocycles. The third-order valence-electron chi connectivity index (χ3n) is 4.55. The summed E-state index contributed by atoms with van der Waals surface area (Å²) in [7, 11) is 1.61. The van der Waals surface area contributed by atoms with Crippen molar-refractivity contribution in [3.63, 3.8) is 0 Å². The standard InChI is InChI=1S/C18H20N2O4S/c1-11-3-4-13(18(22)23)10-20(11)17(21)15-9-19-16(25-15)12-5-7-14(24-2)8-6-12/h5-9,11,13H,3-4,10H2,1-2H3,(H,22,23). The molecule has 1 fully saturated rings. The van der Waals surface area contributed by atoms with E-state index < -0.39 is 11.9 Å². The zero-order valence-corrected chi connectivity index (χ0v) is 15.0. The summed E-state index contributed by atoms with van der Waals surface area (Å²) >= 11 is 1.32. The topological polar surface area (TPSA) is 79.7 Å². The van der Waals surface area contributed by atoms with E-state index in [2.05, 4.69) is 4.98 Å². The van der Waals surface area contributed by atoms with Crippen LogP contribution in [-0.2, 0) is 4.79 Å². The first-order valence-corrected chi connectivity index (χ1v) is 8.95. The highest BCUT2D eigenvalue weighted by molar-refractivity contribution is 7.16. The van der Waals surface area contributed by atoms with Gasteiger partial charge in [-0.3, -0.25) is 9.59 Å². The van der Waals surface area contributed by atoms with Crippen molar-refractivity contribution in [1.82, 2.24) is 9.88 Å². The fourth-order valence-electron chi connectivity index (χ4n) is 2.97. The minimum atomic E-state index is -0.840. The molecule has 1 saturated heterocycles. The van der Waals surface area contributed by atoms with Crippen LogP contribution in [0.5, 0.6) is 5.75 Å². The Balaban J connectivity index is 1.78. The maximum atomic E-state index is 12.8. The van der Waals surface area contributed by atoms with E-state index in [1.165, 1.54) is 11.3 Å². The largest absolute Gasteiger partial charge is 0.497 e. The smallest absolute Gasteiger partial charge is 0.308 e. The number of amides is 1. The van der Waals surface area contributed by atoms with E-state index in [1.54, 1.807) is 18.2 Å². The Labute approximate surface area is 150 Å². The number of methoxy groups -OCH3 is 1. The van der Waals surface area contributed by atoms with E-state index in [0.29, 0.717) is 17.7 Å². The number of hydrogen-bond acceptors (Lipinski definition) is 5. The Kier molecular flexibility index (Phi) is 5.03. The van der Waals surface area contributed by atoms with Gasteiger partial charge in [0.05, 0.1) is 19.2 Å². The molecule has 0 aliphatic carbocycles. The molecular formula is C18H20N2O4S. The Hall–Kier alpha value is -2.41. The number of piperidine rings is 1. The maximum absolute atomic E-state index is 12.8. The SMILES string of the molecule is COc1ccc(-c2ncc(C(=O)N3CC(C(=O)O)CCC3C)s2)cc1. The molecule has 7 heteroatoms. The van der Waals surface area contributed by atoms with Crippen molar-refractivity contribution in [2.45, 2.75) is 25.8 Å². The zero-order valence-electron chi connectivity index (χ0n) is 14.1. The minimum absolute atomic E-state index is 0.0367. The van der Waals surface area contributed by atoms with Crippen molar-refractivity contribution in [2.75, 3.05) is 13.7 Å². The second kappa shape index (κ2) is 7.23. The summed E-state index contributed by atoms with van der Waals surface area (Å²) in [5.41, 5.74) is 0.917.